The molecule has 1 atom stereocenters. The van der Waals surface area contributed by atoms with Gasteiger partial charge in [-0.05, 0) is 19.3 Å². The van der Waals surface area contributed by atoms with E-state index in [1.54, 1.807) is 19.6 Å². The maximum Gasteiger partial charge on any atom is 0.160 e. The lowest BCUT2D eigenvalue weighted by Crippen LogP contribution is -2.48. The molecule has 1 aliphatic heterocycles. The van der Waals surface area contributed by atoms with Gasteiger partial charge < -0.3 is 9.64 Å². The molecule has 18 heavy (non-hydrogen) atoms. The molecule has 0 aliphatic carbocycles. The van der Waals surface area contributed by atoms with Crippen molar-refractivity contribution in [3.05, 3.63) is 12.5 Å². The highest BCUT2D eigenvalue weighted by molar-refractivity contribution is 5.86. The van der Waals surface area contributed by atoms with Crippen LogP contribution < -0.4 is 4.90 Å². The number of aromatic nitrogens is 4. The number of rotatable bonds is 5. The number of anilines is 1. The first-order chi connectivity index (χ1) is 8.90. The molecule has 6 nitrogen and oxygen atoms in total. The van der Waals surface area contributed by atoms with E-state index in [0.29, 0.717) is 6.04 Å². The minimum Gasteiger partial charge on any atom is -0.385 e. The van der Waals surface area contributed by atoms with Crippen LogP contribution in [0.1, 0.15) is 19.3 Å². The minimum atomic E-state index is 0.577. The topological polar surface area (TPSA) is 66.9 Å². The van der Waals surface area contributed by atoms with Crippen LogP contribution in [0.2, 0.25) is 0 Å². The van der Waals surface area contributed by atoms with E-state index < -0.39 is 0 Å². The number of hydrogen-bond acceptors (Lipinski definition) is 5. The van der Waals surface area contributed by atoms with Gasteiger partial charge in [-0.2, -0.15) is 5.10 Å². The summed E-state index contributed by atoms with van der Waals surface area (Å²) in [6.07, 6.45) is 6.87. The van der Waals surface area contributed by atoms with Crippen LogP contribution in [0, 0.1) is 0 Å². The number of methoxy groups -OCH3 is 1. The van der Waals surface area contributed by atoms with Gasteiger partial charge in [0.1, 0.15) is 12.1 Å². The average Bonchev–Trinajstić information content (AvgIpc) is 2.82. The van der Waals surface area contributed by atoms with Crippen molar-refractivity contribution >= 4 is 16.9 Å². The van der Waals surface area contributed by atoms with Crippen LogP contribution in [0.15, 0.2) is 12.5 Å². The Kier molecular flexibility index (Phi) is 3.10. The largest absolute Gasteiger partial charge is 0.385 e. The lowest BCUT2D eigenvalue weighted by Gasteiger charge is -2.42. The second-order valence-corrected chi connectivity index (χ2v) is 4.60. The fourth-order valence-electron chi connectivity index (χ4n) is 2.46. The lowest BCUT2D eigenvalue weighted by molar-refractivity contribution is 0.187. The zero-order chi connectivity index (χ0) is 12.4. The van der Waals surface area contributed by atoms with Crippen molar-refractivity contribution in [3.8, 4) is 0 Å². The summed E-state index contributed by atoms with van der Waals surface area (Å²) in [5.41, 5.74) is 0.808. The Morgan fingerprint density at radius 3 is 3.22 bits per heavy atom. The van der Waals surface area contributed by atoms with Crippen molar-refractivity contribution in [1.82, 2.24) is 20.2 Å². The van der Waals surface area contributed by atoms with Gasteiger partial charge in [-0.25, -0.2) is 9.97 Å². The monoisotopic (exact) mass is 247 g/mol. The first-order valence-corrected chi connectivity index (χ1v) is 6.30. The summed E-state index contributed by atoms with van der Waals surface area (Å²) < 4.78 is 5.10. The first-order valence-electron chi connectivity index (χ1n) is 6.30. The van der Waals surface area contributed by atoms with Crippen LogP contribution in [0.3, 0.4) is 0 Å². The Balaban J connectivity index is 1.76. The number of nitrogens with one attached hydrogen (secondary N) is 1. The first kappa shape index (κ1) is 11.4. The van der Waals surface area contributed by atoms with Crippen LogP contribution in [0.4, 0.5) is 5.82 Å². The zero-order valence-electron chi connectivity index (χ0n) is 10.5. The molecule has 1 N–H and O–H groups in total. The predicted octanol–water partition coefficient (Wildman–Crippen LogP) is 1.36. The number of ether oxygens (including phenoxy) is 1. The maximum absolute atomic E-state index is 5.10. The van der Waals surface area contributed by atoms with E-state index in [2.05, 4.69) is 25.1 Å². The van der Waals surface area contributed by atoms with Crippen molar-refractivity contribution in [2.45, 2.75) is 25.3 Å². The van der Waals surface area contributed by atoms with E-state index in [1.165, 1.54) is 6.42 Å². The van der Waals surface area contributed by atoms with Gasteiger partial charge in [0.25, 0.3) is 0 Å². The molecular formula is C12H17N5O. The summed E-state index contributed by atoms with van der Waals surface area (Å²) in [4.78, 5) is 10.9. The Morgan fingerprint density at radius 1 is 1.50 bits per heavy atom. The fraction of sp³-hybridized carbons (Fsp3) is 0.583. The maximum atomic E-state index is 5.10. The molecule has 0 aromatic carbocycles. The average molecular weight is 247 g/mol. The third-order valence-corrected chi connectivity index (χ3v) is 3.53. The molecule has 2 aromatic heterocycles. The number of nitrogens with zero attached hydrogens (tertiary/aromatic N) is 4. The van der Waals surface area contributed by atoms with Gasteiger partial charge in [-0.15, -0.1) is 0 Å². The van der Waals surface area contributed by atoms with E-state index in [9.17, 15) is 0 Å². The SMILES string of the molecule is COCCCC1CCN1c1ncnc2[nH]ncc12. The Bertz CT molecular complexity index is 526. The summed E-state index contributed by atoms with van der Waals surface area (Å²) in [6.45, 7) is 1.89. The Hall–Kier alpha value is -1.69. The summed E-state index contributed by atoms with van der Waals surface area (Å²) in [5.74, 6) is 1.00. The third-order valence-electron chi connectivity index (χ3n) is 3.53. The quantitative estimate of drug-likeness (QED) is 0.808. The molecule has 0 radical (unpaired) electrons. The summed E-state index contributed by atoms with van der Waals surface area (Å²) in [5, 5.41) is 7.92. The summed E-state index contributed by atoms with van der Waals surface area (Å²) in [6, 6.07) is 0.577. The van der Waals surface area contributed by atoms with Crippen LogP contribution in [0.25, 0.3) is 11.0 Å². The van der Waals surface area contributed by atoms with E-state index >= 15 is 0 Å². The normalized spacial score (nSPS) is 19.2. The van der Waals surface area contributed by atoms with Gasteiger partial charge in [0.15, 0.2) is 5.65 Å². The van der Waals surface area contributed by atoms with Gasteiger partial charge >= 0.3 is 0 Å². The van der Waals surface area contributed by atoms with Gasteiger partial charge in [-0.1, -0.05) is 0 Å². The molecule has 3 heterocycles. The molecule has 1 saturated heterocycles. The Morgan fingerprint density at radius 2 is 2.44 bits per heavy atom. The molecule has 0 bridgehead atoms. The van der Waals surface area contributed by atoms with Crippen molar-refractivity contribution in [2.24, 2.45) is 0 Å². The predicted molar refractivity (Wildman–Crippen MR) is 68.5 cm³/mol. The zero-order valence-corrected chi connectivity index (χ0v) is 10.5. The molecule has 1 aliphatic rings. The smallest absolute Gasteiger partial charge is 0.160 e. The van der Waals surface area contributed by atoms with Crippen LogP contribution in [0.5, 0.6) is 0 Å². The van der Waals surface area contributed by atoms with Crippen LogP contribution in [-0.2, 0) is 4.74 Å². The number of aromatic amines is 1. The molecule has 0 amide bonds. The number of H-pyrrole nitrogens is 1. The molecule has 6 heteroatoms. The molecule has 2 aromatic rings. The molecular weight excluding hydrogens is 230 g/mol. The number of hydrogen-bond donors (Lipinski definition) is 1. The summed E-state index contributed by atoms with van der Waals surface area (Å²) >= 11 is 0. The van der Waals surface area contributed by atoms with Gasteiger partial charge in [0.05, 0.1) is 11.6 Å². The van der Waals surface area contributed by atoms with Crippen molar-refractivity contribution in [1.29, 1.82) is 0 Å². The van der Waals surface area contributed by atoms with E-state index in [0.717, 1.165) is 42.8 Å². The van der Waals surface area contributed by atoms with Crippen molar-refractivity contribution in [2.75, 3.05) is 25.2 Å². The molecule has 0 saturated carbocycles. The second-order valence-electron chi connectivity index (χ2n) is 4.60. The second kappa shape index (κ2) is 4.89. The minimum absolute atomic E-state index is 0.577. The molecule has 1 fully saturated rings. The summed E-state index contributed by atoms with van der Waals surface area (Å²) in [7, 11) is 1.75. The number of fused-ring (bicyclic) bond motifs is 1. The highest BCUT2D eigenvalue weighted by Crippen LogP contribution is 2.31. The molecule has 3 rings (SSSR count). The van der Waals surface area contributed by atoms with Crippen LogP contribution in [-0.4, -0.2) is 46.5 Å². The highest BCUT2D eigenvalue weighted by Gasteiger charge is 2.30. The third kappa shape index (κ3) is 1.92. The Labute approximate surface area is 105 Å². The van der Waals surface area contributed by atoms with E-state index in [1.807, 2.05) is 0 Å². The van der Waals surface area contributed by atoms with E-state index in [-0.39, 0.29) is 0 Å². The molecule has 96 valence electrons. The fourth-order valence-corrected chi connectivity index (χ4v) is 2.46. The highest BCUT2D eigenvalue weighted by atomic mass is 16.5. The van der Waals surface area contributed by atoms with Crippen molar-refractivity contribution < 1.29 is 4.74 Å². The van der Waals surface area contributed by atoms with Gasteiger partial charge in [0, 0.05) is 26.3 Å². The van der Waals surface area contributed by atoms with E-state index in [4.69, 9.17) is 4.74 Å². The van der Waals surface area contributed by atoms with Crippen molar-refractivity contribution in [3.63, 3.8) is 0 Å². The van der Waals surface area contributed by atoms with Crippen LogP contribution >= 0.6 is 0 Å². The standard InChI is InChI=1S/C12H17N5O/c1-18-6-2-3-9-4-5-17(9)12-10-7-15-16-11(10)13-8-14-12/h7-9H,2-6H2,1H3,(H,13,14,15,16). The van der Waals surface area contributed by atoms with Gasteiger partial charge in [-0.3, -0.25) is 5.10 Å². The molecule has 0 spiro atoms. The molecule has 1 unspecified atom stereocenters. The van der Waals surface area contributed by atoms with Gasteiger partial charge in [0.2, 0.25) is 0 Å². The lowest BCUT2D eigenvalue weighted by atomic mass is 9.98.